The minimum absolute atomic E-state index is 0.193. The Labute approximate surface area is 149 Å². The maximum atomic E-state index is 12.5. The molecule has 25 heavy (non-hydrogen) atoms. The van der Waals surface area contributed by atoms with E-state index < -0.39 is 36.2 Å². The van der Waals surface area contributed by atoms with Crippen LogP contribution in [0.2, 0.25) is 0 Å². The van der Waals surface area contributed by atoms with Gasteiger partial charge in [0.1, 0.15) is 18.2 Å². The molecule has 1 saturated heterocycles. The number of aliphatic hydroxyl groups excluding tert-OH is 3. The second kappa shape index (κ2) is 10.5. The molecule has 7 heteroatoms. The summed E-state index contributed by atoms with van der Waals surface area (Å²) in [6.45, 7) is 6.15. The van der Waals surface area contributed by atoms with Gasteiger partial charge in [0.2, 0.25) is 11.8 Å². The lowest BCUT2D eigenvalue weighted by atomic mass is 9.91. The van der Waals surface area contributed by atoms with Crippen molar-refractivity contribution in [2.45, 2.75) is 70.8 Å². The van der Waals surface area contributed by atoms with Crippen molar-refractivity contribution >= 4 is 11.8 Å². The Morgan fingerprint density at radius 2 is 1.92 bits per heavy atom. The smallest absolute Gasteiger partial charge is 0.242 e. The Morgan fingerprint density at radius 3 is 2.52 bits per heavy atom. The number of amides is 2. The van der Waals surface area contributed by atoms with E-state index in [0.717, 1.165) is 12.8 Å². The molecule has 5 unspecified atom stereocenters. The SMILES string of the molecule is CCC(C(=O)NC1CCCCNC1=O)C(O)C(O)C(O)/C=C/C(C)C. The van der Waals surface area contributed by atoms with Gasteiger partial charge in [0.05, 0.1) is 12.0 Å². The lowest BCUT2D eigenvalue weighted by Gasteiger charge is -2.28. The molecule has 5 N–H and O–H groups in total. The van der Waals surface area contributed by atoms with Crippen LogP contribution in [-0.2, 0) is 9.59 Å². The van der Waals surface area contributed by atoms with Crippen LogP contribution < -0.4 is 10.6 Å². The summed E-state index contributed by atoms with van der Waals surface area (Å²) in [7, 11) is 0. The van der Waals surface area contributed by atoms with Crippen molar-refractivity contribution in [2.75, 3.05) is 6.54 Å². The summed E-state index contributed by atoms with van der Waals surface area (Å²) >= 11 is 0. The molecule has 0 aromatic rings. The van der Waals surface area contributed by atoms with Crippen molar-refractivity contribution < 1.29 is 24.9 Å². The molecular weight excluding hydrogens is 324 g/mol. The predicted molar refractivity (Wildman–Crippen MR) is 94.6 cm³/mol. The van der Waals surface area contributed by atoms with E-state index in [1.54, 1.807) is 13.0 Å². The average molecular weight is 356 g/mol. The summed E-state index contributed by atoms with van der Waals surface area (Å²) < 4.78 is 0. The maximum Gasteiger partial charge on any atom is 0.242 e. The lowest BCUT2D eigenvalue weighted by molar-refractivity contribution is -0.138. The third-order valence-electron chi connectivity index (χ3n) is 4.43. The van der Waals surface area contributed by atoms with Gasteiger partial charge in [-0.2, -0.15) is 0 Å². The van der Waals surface area contributed by atoms with Gasteiger partial charge in [0.25, 0.3) is 0 Å². The minimum Gasteiger partial charge on any atom is -0.389 e. The number of carbonyl (C=O) groups excluding carboxylic acids is 2. The van der Waals surface area contributed by atoms with Crippen molar-refractivity contribution in [3.63, 3.8) is 0 Å². The molecule has 2 amide bonds. The van der Waals surface area contributed by atoms with Crippen LogP contribution in [0.1, 0.15) is 46.5 Å². The molecular formula is C18H32N2O5. The first kappa shape index (κ1) is 21.6. The number of rotatable bonds is 8. The largest absolute Gasteiger partial charge is 0.389 e. The van der Waals surface area contributed by atoms with Crippen LogP contribution >= 0.6 is 0 Å². The van der Waals surface area contributed by atoms with Gasteiger partial charge in [0, 0.05) is 6.54 Å². The van der Waals surface area contributed by atoms with Gasteiger partial charge in [0.15, 0.2) is 0 Å². The van der Waals surface area contributed by atoms with Crippen molar-refractivity contribution in [1.82, 2.24) is 10.6 Å². The number of nitrogens with one attached hydrogen (secondary N) is 2. The number of hydrogen-bond acceptors (Lipinski definition) is 5. The van der Waals surface area contributed by atoms with E-state index in [1.807, 2.05) is 13.8 Å². The van der Waals surface area contributed by atoms with Crippen LogP contribution in [0.15, 0.2) is 12.2 Å². The molecule has 0 aromatic heterocycles. The molecule has 0 spiro atoms. The average Bonchev–Trinajstić information content (AvgIpc) is 2.77. The second-order valence-electron chi connectivity index (χ2n) is 6.96. The van der Waals surface area contributed by atoms with Crippen LogP contribution in [0.4, 0.5) is 0 Å². The highest BCUT2D eigenvalue weighted by atomic mass is 16.4. The standard InChI is InChI=1S/C18H32N2O5/c1-4-12(15(22)16(23)14(21)9-8-11(2)3)17(24)20-13-7-5-6-10-19-18(13)25/h8-9,11-16,21-23H,4-7,10H2,1-3H3,(H,19,25)(H,20,24)/b9-8+. The fourth-order valence-corrected chi connectivity index (χ4v) is 2.83. The topological polar surface area (TPSA) is 119 Å². The second-order valence-corrected chi connectivity index (χ2v) is 6.96. The molecule has 0 saturated carbocycles. The number of hydrogen-bond donors (Lipinski definition) is 5. The molecule has 1 aliphatic rings. The van der Waals surface area contributed by atoms with Crippen molar-refractivity contribution in [1.29, 1.82) is 0 Å². The summed E-state index contributed by atoms with van der Waals surface area (Å²) in [5.74, 6) is -1.43. The zero-order chi connectivity index (χ0) is 19.0. The third kappa shape index (κ3) is 6.76. The van der Waals surface area contributed by atoms with Crippen LogP contribution in [0.25, 0.3) is 0 Å². The van der Waals surface area contributed by atoms with Gasteiger partial charge in [-0.05, 0) is 31.6 Å². The molecule has 0 radical (unpaired) electrons. The van der Waals surface area contributed by atoms with Crippen LogP contribution in [0, 0.1) is 11.8 Å². The summed E-state index contributed by atoms with van der Waals surface area (Å²) in [5.41, 5.74) is 0. The molecule has 1 fully saturated rings. The number of allylic oxidation sites excluding steroid dienone is 1. The van der Waals surface area contributed by atoms with Gasteiger partial charge in [-0.1, -0.05) is 32.9 Å². The fraction of sp³-hybridized carbons (Fsp3) is 0.778. The van der Waals surface area contributed by atoms with E-state index in [4.69, 9.17) is 0 Å². The van der Waals surface area contributed by atoms with E-state index in [-0.39, 0.29) is 18.2 Å². The van der Waals surface area contributed by atoms with Crippen LogP contribution in [0.3, 0.4) is 0 Å². The first-order valence-corrected chi connectivity index (χ1v) is 9.08. The number of aliphatic hydroxyl groups is 3. The van der Waals surface area contributed by atoms with E-state index in [0.29, 0.717) is 13.0 Å². The summed E-state index contributed by atoms with van der Waals surface area (Å²) in [5, 5.41) is 35.8. The molecule has 5 atom stereocenters. The quantitative estimate of drug-likeness (QED) is 0.395. The minimum atomic E-state index is -1.48. The van der Waals surface area contributed by atoms with Gasteiger partial charge in [-0.25, -0.2) is 0 Å². The zero-order valence-corrected chi connectivity index (χ0v) is 15.3. The van der Waals surface area contributed by atoms with E-state index >= 15 is 0 Å². The van der Waals surface area contributed by atoms with Gasteiger partial charge in [-0.15, -0.1) is 0 Å². The van der Waals surface area contributed by atoms with Gasteiger partial charge >= 0.3 is 0 Å². The highest BCUT2D eigenvalue weighted by Gasteiger charge is 2.35. The van der Waals surface area contributed by atoms with Crippen LogP contribution in [-0.4, -0.2) is 58.0 Å². The summed E-state index contributed by atoms with van der Waals surface area (Å²) in [6.07, 6.45) is 1.49. The summed E-state index contributed by atoms with van der Waals surface area (Å²) in [4.78, 5) is 24.4. The van der Waals surface area contributed by atoms with E-state index in [2.05, 4.69) is 10.6 Å². The summed E-state index contributed by atoms with van der Waals surface area (Å²) in [6, 6.07) is -0.626. The Bertz CT molecular complexity index is 466. The highest BCUT2D eigenvalue weighted by molar-refractivity contribution is 5.88. The Kier molecular flexibility index (Phi) is 9.10. The first-order valence-electron chi connectivity index (χ1n) is 9.08. The molecule has 1 aliphatic heterocycles. The first-order chi connectivity index (χ1) is 11.8. The Hall–Kier alpha value is -1.44. The molecule has 0 bridgehead atoms. The van der Waals surface area contributed by atoms with E-state index in [9.17, 15) is 24.9 Å². The van der Waals surface area contributed by atoms with Crippen molar-refractivity contribution in [3.8, 4) is 0 Å². The van der Waals surface area contributed by atoms with Gasteiger partial charge < -0.3 is 26.0 Å². The lowest BCUT2D eigenvalue weighted by Crippen LogP contribution is -2.52. The molecule has 144 valence electrons. The Morgan fingerprint density at radius 1 is 1.24 bits per heavy atom. The Balaban J connectivity index is 2.71. The normalized spacial score (nSPS) is 23.6. The number of carbonyl (C=O) groups is 2. The third-order valence-corrected chi connectivity index (χ3v) is 4.43. The molecule has 1 heterocycles. The van der Waals surface area contributed by atoms with Crippen molar-refractivity contribution in [2.24, 2.45) is 11.8 Å². The fourth-order valence-electron chi connectivity index (χ4n) is 2.83. The zero-order valence-electron chi connectivity index (χ0n) is 15.3. The molecule has 0 aromatic carbocycles. The van der Waals surface area contributed by atoms with Crippen molar-refractivity contribution in [3.05, 3.63) is 12.2 Å². The molecule has 1 rings (SSSR count). The molecule has 7 nitrogen and oxygen atoms in total. The highest BCUT2D eigenvalue weighted by Crippen LogP contribution is 2.17. The molecule has 0 aliphatic carbocycles. The van der Waals surface area contributed by atoms with Crippen LogP contribution in [0.5, 0.6) is 0 Å². The maximum absolute atomic E-state index is 12.5. The van der Waals surface area contributed by atoms with E-state index in [1.165, 1.54) is 6.08 Å². The van der Waals surface area contributed by atoms with Gasteiger partial charge in [-0.3, -0.25) is 9.59 Å². The predicted octanol–water partition coefficient (Wildman–Crippen LogP) is 0.0924. The monoisotopic (exact) mass is 356 g/mol.